The Morgan fingerprint density at radius 2 is 2.07 bits per heavy atom. The molecule has 8 nitrogen and oxygen atoms in total. The number of carbonyl (C=O) groups excluding carboxylic acids is 2. The molecule has 0 saturated carbocycles. The van der Waals surface area contributed by atoms with Gasteiger partial charge in [-0.1, -0.05) is 11.2 Å². The highest BCUT2D eigenvalue weighted by Gasteiger charge is 2.25. The second-order valence-electron chi connectivity index (χ2n) is 6.68. The van der Waals surface area contributed by atoms with E-state index in [2.05, 4.69) is 15.8 Å². The van der Waals surface area contributed by atoms with Gasteiger partial charge in [-0.3, -0.25) is 4.79 Å². The van der Waals surface area contributed by atoms with Gasteiger partial charge in [0, 0.05) is 24.9 Å². The van der Waals surface area contributed by atoms with Crippen molar-refractivity contribution in [3.63, 3.8) is 0 Å². The molecular formula is C19H24N4O4. The summed E-state index contributed by atoms with van der Waals surface area (Å²) in [6.07, 6.45) is 3.14. The van der Waals surface area contributed by atoms with Gasteiger partial charge in [0.15, 0.2) is 5.82 Å². The van der Waals surface area contributed by atoms with Crippen molar-refractivity contribution in [3.05, 3.63) is 41.7 Å². The highest BCUT2D eigenvalue weighted by atomic mass is 16.5. The lowest BCUT2D eigenvalue weighted by atomic mass is 10.1. The van der Waals surface area contributed by atoms with Gasteiger partial charge in [-0.05, 0) is 49.9 Å². The maximum atomic E-state index is 12.8. The topological polar surface area (TPSA) is 96.7 Å². The van der Waals surface area contributed by atoms with Crippen LogP contribution in [0.4, 0.5) is 16.3 Å². The molecule has 0 aliphatic carbocycles. The Balaban J connectivity index is 1.66. The Kier molecular flexibility index (Phi) is 6.08. The Bertz CT molecular complexity index is 785. The molecule has 1 aromatic heterocycles. The molecule has 1 aliphatic rings. The van der Waals surface area contributed by atoms with Crippen molar-refractivity contribution in [2.24, 2.45) is 0 Å². The summed E-state index contributed by atoms with van der Waals surface area (Å²) < 4.78 is 10.3. The van der Waals surface area contributed by atoms with Crippen molar-refractivity contribution in [1.29, 1.82) is 0 Å². The molecule has 3 amide bonds. The highest BCUT2D eigenvalue weighted by Crippen LogP contribution is 2.17. The number of benzene rings is 1. The number of hydrogen-bond donors (Lipinski definition) is 2. The Morgan fingerprint density at radius 3 is 2.74 bits per heavy atom. The van der Waals surface area contributed by atoms with Gasteiger partial charge in [-0.2, -0.15) is 0 Å². The van der Waals surface area contributed by atoms with E-state index < -0.39 is 0 Å². The number of aromatic nitrogens is 1. The smallest absolute Gasteiger partial charge is 0.322 e. The molecule has 0 radical (unpaired) electrons. The normalized spacial score (nSPS) is 16.1. The van der Waals surface area contributed by atoms with E-state index in [1.54, 1.807) is 0 Å². The third-order valence-electron chi connectivity index (χ3n) is 4.53. The quantitative estimate of drug-likeness (QED) is 0.813. The molecule has 2 aromatic rings. The lowest BCUT2D eigenvalue weighted by Crippen LogP contribution is -2.44. The number of amides is 3. The first-order valence-electron chi connectivity index (χ1n) is 8.96. The zero-order chi connectivity index (χ0) is 19.2. The molecule has 1 saturated heterocycles. The van der Waals surface area contributed by atoms with Crippen LogP contribution in [0.15, 0.2) is 35.1 Å². The Morgan fingerprint density at radius 1 is 1.22 bits per heavy atom. The molecule has 3 rings (SSSR count). The molecule has 8 heteroatoms. The molecular weight excluding hydrogens is 348 g/mol. The number of rotatable bonds is 6. The third-order valence-corrected chi connectivity index (χ3v) is 4.53. The zero-order valence-corrected chi connectivity index (χ0v) is 15.5. The molecule has 1 atom stereocenters. The summed E-state index contributed by atoms with van der Waals surface area (Å²) in [5.74, 6) is -0.0382. The molecule has 1 aliphatic heterocycles. The van der Waals surface area contributed by atoms with Crippen LogP contribution < -0.4 is 10.6 Å². The number of hydrogen-bond acceptors (Lipinski definition) is 5. The predicted molar refractivity (Wildman–Crippen MR) is 101 cm³/mol. The number of nitrogens with zero attached hydrogens (tertiary/aromatic N) is 2. The fraction of sp³-hybridized carbons (Fsp3) is 0.421. The van der Waals surface area contributed by atoms with Gasteiger partial charge in [-0.15, -0.1) is 0 Å². The van der Waals surface area contributed by atoms with Gasteiger partial charge in [-0.25, -0.2) is 4.79 Å². The summed E-state index contributed by atoms with van der Waals surface area (Å²) in [5.41, 5.74) is 2.93. The van der Waals surface area contributed by atoms with Crippen LogP contribution in [0.25, 0.3) is 0 Å². The average Bonchev–Trinajstić information content (AvgIpc) is 3.31. The van der Waals surface area contributed by atoms with E-state index in [4.69, 9.17) is 9.26 Å². The first-order valence-corrected chi connectivity index (χ1v) is 8.96. The second-order valence-corrected chi connectivity index (χ2v) is 6.68. The first-order chi connectivity index (χ1) is 13.0. The number of ether oxygens (including phenoxy) is 1. The second kappa shape index (κ2) is 8.68. The average molecular weight is 372 g/mol. The van der Waals surface area contributed by atoms with Crippen LogP contribution in [-0.2, 0) is 9.53 Å². The highest BCUT2D eigenvalue weighted by molar-refractivity contribution is 5.96. The molecule has 0 bridgehead atoms. The van der Waals surface area contributed by atoms with E-state index in [0.717, 1.165) is 24.0 Å². The van der Waals surface area contributed by atoms with Crippen molar-refractivity contribution in [2.75, 3.05) is 30.3 Å². The minimum atomic E-state index is -0.350. The fourth-order valence-corrected chi connectivity index (χ4v) is 2.91. The first kappa shape index (κ1) is 18.9. The molecule has 0 spiro atoms. The van der Waals surface area contributed by atoms with E-state index in [9.17, 15) is 9.59 Å². The molecule has 144 valence electrons. The van der Waals surface area contributed by atoms with Crippen LogP contribution in [0, 0.1) is 13.8 Å². The van der Waals surface area contributed by atoms with Gasteiger partial charge >= 0.3 is 6.03 Å². The van der Waals surface area contributed by atoms with Crippen molar-refractivity contribution in [2.45, 2.75) is 32.8 Å². The van der Waals surface area contributed by atoms with E-state index in [1.807, 2.05) is 32.0 Å². The molecule has 2 N–H and O–H groups in total. The lowest BCUT2D eigenvalue weighted by molar-refractivity contribution is -0.117. The maximum Gasteiger partial charge on any atom is 0.322 e. The maximum absolute atomic E-state index is 12.8. The summed E-state index contributed by atoms with van der Waals surface area (Å²) in [7, 11) is 0. The van der Waals surface area contributed by atoms with Gasteiger partial charge in [0.2, 0.25) is 5.91 Å². The van der Waals surface area contributed by atoms with Crippen molar-refractivity contribution >= 4 is 23.4 Å². The summed E-state index contributed by atoms with van der Waals surface area (Å²) >= 11 is 0. The van der Waals surface area contributed by atoms with E-state index >= 15 is 0 Å². The van der Waals surface area contributed by atoms with Crippen molar-refractivity contribution in [1.82, 2.24) is 10.1 Å². The van der Waals surface area contributed by atoms with Crippen LogP contribution in [0.2, 0.25) is 0 Å². The minimum absolute atomic E-state index is 0.0599. The number of carbonyl (C=O) groups is 2. The van der Waals surface area contributed by atoms with Gasteiger partial charge in [0.25, 0.3) is 0 Å². The van der Waals surface area contributed by atoms with Crippen LogP contribution in [-0.4, -0.2) is 47.8 Å². The standard InChI is InChI=1S/C19H24N4O4/c1-13-5-6-15(10-14(13)2)20-19(25)23(11-16-4-3-8-26-16)12-18(24)21-17-7-9-27-22-17/h5-7,9-10,16H,3-4,8,11-12H2,1-2H3,(H,20,25)(H,21,22,24). The Labute approximate surface area is 157 Å². The van der Waals surface area contributed by atoms with Crippen LogP contribution in [0.1, 0.15) is 24.0 Å². The van der Waals surface area contributed by atoms with Crippen molar-refractivity contribution in [3.8, 4) is 0 Å². The zero-order valence-electron chi connectivity index (χ0n) is 15.5. The Hall–Kier alpha value is -2.87. The van der Waals surface area contributed by atoms with Crippen molar-refractivity contribution < 1.29 is 18.8 Å². The molecule has 1 aromatic carbocycles. The summed E-state index contributed by atoms with van der Waals surface area (Å²) in [6, 6.07) is 6.90. The monoisotopic (exact) mass is 372 g/mol. The largest absolute Gasteiger partial charge is 0.376 e. The van der Waals surface area contributed by atoms with E-state index in [1.165, 1.54) is 17.2 Å². The predicted octanol–water partition coefficient (Wildman–Crippen LogP) is 2.94. The van der Waals surface area contributed by atoms with Gasteiger partial charge in [0.05, 0.1) is 6.10 Å². The van der Waals surface area contributed by atoms with Crippen LogP contribution in [0.5, 0.6) is 0 Å². The molecule has 2 heterocycles. The summed E-state index contributed by atoms with van der Waals surface area (Å²) in [5, 5.41) is 9.12. The SMILES string of the molecule is Cc1ccc(NC(=O)N(CC(=O)Nc2ccon2)CC2CCCO2)cc1C. The molecule has 1 fully saturated rings. The minimum Gasteiger partial charge on any atom is -0.376 e. The third kappa shape index (κ3) is 5.30. The number of urea groups is 1. The number of aryl methyl sites for hydroxylation is 2. The van der Waals surface area contributed by atoms with Gasteiger partial charge < -0.3 is 24.8 Å². The number of anilines is 2. The lowest BCUT2D eigenvalue weighted by Gasteiger charge is -2.25. The van der Waals surface area contributed by atoms with Crippen LogP contribution in [0.3, 0.4) is 0 Å². The summed E-state index contributed by atoms with van der Waals surface area (Å²) in [4.78, 5) is 26.5. The van der Waals surface area contributed by atoms with E-state index in [-0.39, 0.29) is 24.6 Å². The fourth-order valence-electron chi connectivity index (χ4n) is 2.91. The molecule has 1 unspecified atom stereocenters. The van der Waals surface area contributed by atoms with E-state index in [0.29, 0.717) is 24.7 Å². The summed E-state index contributed by atoms with van der Waals surface area (Å²) in [6.45, 7) is 4.92. The van der Waals surface area contributed by atoms with Crippen LogP contribution >= 0.6 is 0 Å². The number of nitrogens with one attached hydrogen (secondary N) is 2. The molecule has 27 heavy (non-hydrogen) atoms. The van der Waals surface area contributed by atoms with Gasteiger partial charge in [0.1, 0.15) is 12.8 Å².